The van der Waals surface area contributed by atoms with Gasteiger partial charge in [-0.25, -0.2) is 13.9 Å². The number of rotatable bonds is 10. The number of sulfonamides is 1. The van der Waals surface area contributed by atoms with Gasteiger partial charge in [-0.05, 0) is 55.7 Å². The maximum Gasteiger partial charge on any atom is 0.267 e. The van der Waals surface area contributed by atoms with Crippen LogP contribution in [0.25, 0.3) is 10.9 Å². The number of pyridine rings is 1. The second kappa shape index (κ2) is 9.99. The molecule has 10 nitrogen and oxygen atoms in total. The van der Waals surface area contributed by atoms with Gasteiger partial charge in [-0.3, -0.25) is 19.9 Å². The van der Waals surface area contributed by atoms with Crippen LogP contribution in [-0.2, 0) is 21.4 Å². The molecule has 1 unspecified atom stereocenters. The van der Waals surface area contributed by atoms with Gasteiger partial charge in [-0.15, -0.1) is 0 Å². The molecule has 5 rings (SSSR count). The van der Waals surface area contributed by atoms with Crippen LogP contribution in [0.4, 0.5) is 0 Å². The van der Waals surface area contributed by atoms with Crippen molar-refractivity contribution >= 4 is 26.8 Å². The monoisotopic (exact) mass is 526 g/mol. The molecular formula is C26H30N4O6S. The first-order valence-corrected chi connectivity index (χ1v) is 13.7. The zero-order valence-corrected chi connectivity index (χ0v) is 21.2. The number of likely N-dealkylation sites (tertiary alicyclic amines) is 1. The van der Waals surface area contributed by atoms with Gasteiger partial charge in [0.05, 0.1) is 10.4 Å². The van der Waals surface area contributed by atoms with E-state index in [0.29, 0.717) is 18.1 Å². The number of hydrogen-bond donors (Lipinski definition) is 4. The van der Waals surface area contributed by atoms with Crippen molar-refractivity contribution in [3.63, 3.8) is 0 Å². The number of nitrogens with one attached hydrogen (secondary N) is 2. The van der Waals surface area contributed by atoms with Gasteiger partial charge in [0.15, 0.2) is 0 Å². The lowest BCUT2D eigenvalue weighted by molar-refractivity contribution is -0.151. The minimum absolute atomic E-state index is 0.0486. The Morgan fingerprint density at radius 2 is 1.89 bits per heavy atom. The van der Waals surface area contributed by atoms with Gasteiger partial charge in [0.1, 0.15) is 24.1 Å². The predicted molar refractivity (Wildman–Crippen MR) is 135 cm³/mol. The van der Waals surface area contributed by atoms with Crippen LogP contribution < -0.4 is 14.9 Å². The SMILES string of the molecule is Cc1cc(COc2ccc(S(=O)(=O)NC3(C(=O)NO)CN(C(O)CC4CC4)C3)cc2)c2ccccc2n1. The van der Waals surface area contributed by atoms with Crippen LogP contribution in [-0.4, -0.2) is 59.4 Å². The van der Waals surface area contributed by atoms with Crippen molar-refractivity contribution < 1.29 is 28.3 Å². The number of aryl methyl sites for hydroxylation is 1. The third-order valence-electron chi connectivity index (χ3n) is 6.93. The maximum absolute atomic E-state index is 13.1. The molecule has 1 saturated heterocycles. The Kier molecular flexibility index (Phi) is 6.90. The molecule has 1 amide bonds. The topological polar surface area (TPSA) is 141 Å². The molecule has 37 heavy (non-hydrogen) atoms. The molecule has 196 valence electrons. The number of amides is 1. The molecular weight excluding hydrogens is 496 g/mol. The zero-order valence-electron chi connectivity index (χ0n) is 20.4. The highest BCUT2D eigenvalue weighted by Crippen LogP contribution is 2.36. The Balaban J connectivity index is 1.26. The van der Waals surface area contributed by atoms with E-state index < -0.39 is 27.7 Å². The lowest BCUT2D eigenvalue weighted by Crippen LogP contribution is -2.77. The summed E-state index contributed by atoms with van der Waals surface area (Å²) >= 11 is 0. The Morgan fingerprint density at radius 3 is 2.57 bits per heavy atom. The molecule has 1 aromatic heterocycles. The highest BCUT2D eigenvalue weighted by atomic mass is 32.2. The van der Waals surface area contributed by atoms with Gasteiger partial charge in [0, 0.05) is 29.7 Å². The van der Waals surface area contributed by atoms with E-state index >= 15 is 0 Å². The number of para-hydroxylation sites is 1. The number of hydrogen-bond acceptors (Lipinski definition) is 8. The Labute approximate surface area is 215 Å². The first-order chi connectivity index (χ1) is 17.7. The van der Waals surface area contributed by atoms with Crippen molar-refractivity contribution in [2.75, 3.05) is 13.1 Å². The minimum Gasteiger partial charge on any atom is -0.489 e. The van der Waals surface area contributed by atoms with E-state index in [-0.39, 0.29) is 24.6 Å². The second-order valence-corrected chi connectivity index (χ2v) is 11.6. The van der Waals surface area contributed by atoms with Gasteiger partial charge in [0.25, 0.3) is 5.91 Å². The van der Waals surface area contributed by atoms with E-state index in [2.05, 4.69) is 9.71 Å². The van der Waals surface area contributed by atoms with Crippen LogP contribution in [0.5, 0.6) is 5.75 Å². The molecule has 2 aliphatic rings. The summed E-state index contributed by atoms with van der Waals surface area (Å²) in [5, 5.41) is 20.6. The third kappa shape index (κ3) is 5.46. The number of hydroxylamine groups is 1. The number of carbonyl (C=O) groups excluding carboxylic acids is 1. The zero-order chi connectivity index (χ0) is 26.2. The number of nitrogens with zero attached hydrogens (tertiary/aromatic N) is 2. The standard InChI is InChI=1S/C26H30N4O6S/c1-17-12-19(22-4-2-3-5-23(22)27-17)14-36-20-8-10-21(11-9-20)37(34,35)29-26(25(32)28-33)15-30(16-26)24(31)13-18-6-7-18/h2-5,8-12,18,24,29,31,33H,6-7,13-16H2,1H3,(H,28,32). The Hall–Kier alpha value is -3.09. The summed E-state index contributed by atoms with van der Waals surface area (Å²) in [7, 11) is -4.11. The summed E-state index contributed by atoms with van der Waals surface area (Å²) in [6.07, 6.45) is 1.96. The van der Waals surface area contributed by atoms with Gasteiger partial charge in [-0.1, -0.05) is 31.0 Å². The van der Waals surface area contributed by atoms with Gasteiger partial charge >= 0.3 is 0 Å². The van der Waals surface area contributed by atoms with Crippen molar-refractivity contribution in [3.8, 4) is 5.75 Å². The van der Waals surface area contributed by atoms with E-state index in [1.54, 1.807) is 22.5 Å². The van der Waals surface area contributed by atoms with Crippen LogP contribution in [0.1, 0.15) is 30.5 Å². The van der Waals surface area contributed by atoms with Gasteiger partial charge in [-0.2, -0.15) is 4.72 Å². The predicted octanol–water partition coefficient (Wildman–Crippen LogP) is 2.08. The maximum atomic E-state index is 13.1. The molecule has 11 heteroatoms. The fourth-order valence-electron chi connectivity index (χ4n) is 4.73. The van der Waals surface area contributed by atoms with Crippen molar-refractivity contribution in [3.05, 3.63) is 65.9 Å². The highest BCUT2D eigenvalue weighted by molar-refractivity contribution is 7.89. The van der Waals surface area contributed by atoms with Crippen molar-refractivity contribution in [2.24, 2.45) is 5.92 Å². The van der Waals surface area contributed by atoms with Crippen LogP contribution in [0.15, 0.2) is 59.5 Å². The summed E-state index contributed by atoms with van der Waals surface area (Å²) in [4.78, 5) is 18.5. The van der Waals surface area contributed by atoms with Gasteiger partial charge < -0.3 is 9.84 Å². The number of carbonyl (C=O) groups is 1. The van der Waals surface area contributed by atoms with E-state index in [0.717, 1.165) is 35.0 Å². The van der Waals surface area contributed by atoms with E-state index in [1.165, 1.54) is 12.1 Å². The molecule has 2 fully saturated rings. The van der Waals surface area contributed by atoms with Crippen molar-refractivity contribution in [2.45, 2.75) is 49.5 Å². The van der Waals surface area contributed by atoms with E-state index in [1.807, 2.05) is 37.3 Å². The smallest absolute Gasteiger partial charge is 0.267 e. The molecule has 3 aromatic rings. The number of aliphatic hydroxyl groups excluding tert-OH is 1. The van der Waals surface area contributed by atoms with E-state index in [4.69, 9.17) is 4.74 Å². The van der Waals surface area contributed by atoms with Crippen LogP contribution in [0.2, 0.25) is 0 Å². The first-order valence-electron chi connectivity index (χ1n) is 12.2. The quantitative estimate of drug-likeness (QED) is 0.232. The molecule has 1 aliphatic heterocycles. The second-order valence-electron chi connectivity index (χ2n) is 9.89. The average Bonchev–Trinajstić information content (AvgIpc) is 3.68. The largest absolute Gasteiger partial charge is 0.489 e. The first kappa shape index (κ1) is 25.6. The van der Waals surface area contributed by atoms with Crippen LogP contribution >= 0.6 is 0 Å². The summed E-state index contributed by atoms with van der Waals surface area (Å²) < 4.78 is 34.5. The number of benzene rings is 2. The third-order valence-corrected chi connectivity index (χ3v) is 8.49. The fourth-order valence-corrected chi connectivity index (χ4v) is 6.08. The average molecular weight is 527 g/mol. The Morgan fingerprint density at radius 1 is 1.19 bits per heavy atom. The van der Waals surface area contributed by atoms with Gasteiger partial charge in [0.2, 0.25) is 10.0 Å². The van der Waals surface area contributed by atoms with Crippen molar-refractivity contribution in [1.29, 1.82) is 0 Å². The Bertz CT molecular complexity index is 1400. The summed E-state index contributed by atoms with van der Waals surface area (Å²) in [5.41, 5.74) is 2.70. The number of aromatic nitrogens is 1. The molecule has 1 saturated carbocycles. The number of ether oxygens (including phenoxy) is 1. The normalized spacial score (nSPS) is 18.2. The molecule has 0 radical (unpaired) electrons. The van der Waals surface area contributed by atoms with E-state index in [9.17, 15) is 23.5 Å². The summed E-state index contributed by atoms with van der Waals surface area (Å²) in [6.45, 7) is 2.11. The number of aliphatic hydroxyl groups is 1. The molecule has 1 atom stereocenters. The highest BCUT2D eigenvalue weighted by Gasteiger charge is 2.54. The molecule has 4 N–H and O–H groups in total. The lowest BCUT2D eigenvalue weighted by Gasteiger charge is -2.50. The fraction of sp³-hybridized carbons (Fsp3) is 0.385. The lowest BCUT2D eigenvalue weighted by atomic mass is 9.89. The molecule has 0 spiro atoms. The molecule has 0 bridgehead atoms. The molecule has 2 aromatic carbocycles. The summed E-state index contributed by atoms with van der Waals surface area (Å²) in [5.74, 6) is 0.0829. The molecule has 1 aliphatic carbocycles. The van der Waals surface area contributed by atoms with Crippen molar-refractivity contribution in [1.82, 2.24) is 20.1 Å². The summed E-state index contributed by atoms with van der Waals surface area (Å²) in [6, 6.07) is 15.6. The molecule has 2 heterocycles. The number of fused-ring (bicyclic) bond motifs is 1. The van der Waals surface area contributed by atoms with Crippen LogP contribution in [0.3, 0.4) is 0 Å². The van der Waals surface area contributed by atoms with Crippen LogP contribution in [0, 0.1) is 12.8 Å². The minimum atomic E-state index is -4.11.